The summed E-state index contributed by atoms with van der Waals surface area (Å²) in [6, 6.07) is 8.21. The van der Waals surface area contributed by atoms with Crippen LogP contribution in [-0.2, 0) is 11.2 Å². The van der Waals surface area contributed by atoms with Gasteiger partial charge >= 0.3 is 5.97 Å². The van der Waals surface area contributed by atoms with Crippen molar-refractivity contribution in [1.29, 1.82) is 0 Å². The maximum absolute atomic E-state index is 12.1. The fourth-order valence-electron chi connectivity index (χ4n) is 1.77. The summed E-state index contributed by atoms with van der Waals surface area (Å²) in [6.07, 6.45) is 1.37. The maximum atomic E-state index is 12.1. The number of carbonyl (C=O) groups excluding carboxylic acids is 1. The molecule has 6 heteroatoms. The van der Waals surface area contributed by atoms with Gasteiger partial charge in [0, 0.05) is 17.6 Å². The molecule has 1 aromatic heterocycles. The zero-order valence-electron chi connectivity index (χ0n) is 11.3. The van der Waals surface area contributed by atoms with E-state index >= 15 is 0 Å². The lowest BCUT2D eigenvalue weighted by Gasteiger charge is -2.07. The van der Waals surface area contributed by atoms with Crippen molar-refractivity contribution in [2.45, 2.75) is 13.3 Å². The molecule has 2 N–H and O–H groups in total. The molecule has 5 nitrogen and oxygen atoms in total. The van der Waals surface area contributed by atoms with Crippen LogP contribution in [0.25, 0.3) is 0 Å². The van der Waals surface area contributed by atoms with Gasteiger partial charge in [-0.15, -0.1) is 0 Å². The Bertz CT molecular complexity index is 684. The minimum atomic E-state index is -0.899. The smallest absolute Gasteiger partial charge is 0.307 e. The van der Waals surface area contributed by atoms with Crippen molar-refractivity contribution in [2.75, 3.05) is 5.32 Å². The number of amides is 1. The van der Waals surface area contributed by atoms with E-state index in [1.165, 1.54) is 6.20 Å². The molecular weight excluding hydrogens is 292 g/mol. The molecule has 108 valence electrons. The van der Waals surface area contributed by atoms with Gasteiger partial charge in [-0.3, -0.25) is 14.6 Å². The largest absolute Gasteiger partial charge is 0.481 e. The van der Waals surface area contributed by atoms with Crippen LogP contribution in [0.1, 0.15) is 21.6 Å². The number of nitrogens with one attached hydrogen (secondary N) is 1. The number of carboxylic acids is 1. The van der Waals surface area contributed by atoms with Gasteiger partial charge in [-0.1, -0.05) is 23.7 Å². The van der Waals surface area contributed by atoms with E-state index in [1.54, 1.807) is 37.3 Å². The normalized spacial score (nSPS) is 10.2. The Morgan fingerprint density at radius 2 is 1.95 bits per heavy atom. The Morgan fingerprint density at radius 3 is 2.52 bits per heavy atom. The van der Waals surface area contributed by atoms with Crippen LogP contribution in [0, 0.1) is 6.92 Å². The van der Waals surface area contributed by atoms with Gasteiger partial charge in [-0.2, -0.15) is 0 Å². The van der Waals surface area contributed by atoms with E-state index in [0.717, 1.165) is 5.69 Å². The quantitative estimate of drug-likeness (QED) is 0.910. The molecule has 1 heterocycles. The van der Waals surface area contributed by atoms with Crippen molar-refractivity contribution in [1.82, 2.24) is 4.98 Å². The number of nitrogens with zero attached hydrogens (tertiary/aromatic N) is 1. The first kappa shape index (κ1) is 15.0. The van der Waals surface area contributed by atoms with Crippen LogP contribution in [0.4, 0.5) is 5.69 Å². The molecule has 1 amide bonds. The van der Waals surface area contributed by atoms with Crippen molar-refractivity contribution in [3.05, 3.63) is 58.4 Å². The van der Waals surface area contributed by atoms with Crippen LogP contribution in [0.3, 0.4) is 0 Å². The molecule has 0 atom stereocenters. The first-order valence-electron chi connectivity index (χ1n) is 6.20. The molecule has 1 aromatic carbocycles. The molecule has 0 aliphatic heterocycles. The van der Waals surface area contributed by atoms with Crippen molar-refractivity contribution in [3.63, 3.8) is 0 Å². The zero-order valence-corrected chi connectivity index (χ0v) is 12.0. The molecule has 0 saturated heterocycles. The molecule has 0 aliphatic carbocycles. The lowest BCUT2D eigenvalue weighted by Crippen LogP contribution is -2.13. The number of hydrogen-bond acceptors (Lipinski definition) is 3. The number of aromatic nitrogens is 1. The average Bonchev–Trinajstić information content (AvgIpc) is 2.40. The first-order valence-corrected chi connectivity index (χ1v) is 6.58. The molecule has 0 fully saturated rings. The average molecular weight is 305 g/mol. The number of aryl methyl sites for hydroxylation is 1. The third-order valence-electron chi connectivity index (χ3n) is 2.80. The summed E-state index contributed by atoms with van der Waals surface area (Å²) in [5.74, 6) is -1.26. The summed E-state index contributed by atoms with van der Waals surface area (Å²) in [5, 5.41) is 11.7. The first-order chi connectivity index (χ1) is 9.95. The minimum absolute atomic E-state index is 0.0536. The van der Waals surface area contributed by atoms with E-state index in [2.05, 4.69) is 10.3 Å². The predicted molar refractivity (Wildman–Crippen MR) is 79.7 cm³/mol. The van der Waals surface area contributed by atoms with Crippen molar-refractivity contribution in [2.24, 2.45) is 0 Å². The molecular formula is C15H13ClN2O3. The lowest BCUT2D eigenvalue weighted by atomic mass is 10.1. The summed E-state index contributed by atoms with van der Waals surface area (Å²) in [5.41, 5.74) is 2.24. The molecule has 2 aromatic rings. The second-order valence-corrected chi connectivity index (χ2v) is 4.93. The Hall–Kier alpha value is -2.40. The molecule has 21 heavy (non-hydrogen) atoms. The summed E-state index contributed by atoms with van der Waals surface area (Å²) < 4.78 is 0. The second kappa shape index (κ2) is 6.37. The summed E-state index contributed by atoms with van der Waals surface area (Å²) in [7, 11) is 0. The van der Waals surface area contributed by atoms with Gasteiger partial charge < -0.3 is 10.4 Å². The van der Waals surface area contributed by atoms with Crippen LogP contribution in [0.15, 0.2) is 36.5 Å². The van der Waals surface area contributed by atoms with Gasteiger partial charge in [0.25, 0.3) is 5.91 Å². The Kier molecular flexibility index (Phi) is 4.55. The fourth-order valence-corrected chi connectivity index (χ4v) is 2.07. The predicted octanol–water partition coefficient (Wildman–Crippen LogP) is 2.92. The summed E-state index contributed by atoms with van der Waals surface area (Å²) in [4.78, 5) is 26.7. The Morgan fingerprint density at radius 1 is 1.29 bits per heavy atom. The zero-order chi connectivity index (χ0) is 15.4. The van der Waals surface area contributed by atoms with Crippen molar-refractivity contribution in [3.8, 4) is 0 Å². The highest BCUT2D eigenvalue weighted by Gasteiger charge is 2.11. The molecule has 0 spiro atoms. The molecule has 0 unspecified atom stereocenters. The molecule has 2 rings (SSSR count). The van der Waals surface area contributed by atoms with Gasteiger partial charge in [0.15, 0.2) is 0 Å². The van der Waals surface area contributed by atoms with E-state index in [1.807, 2.05) is 0 Å². The van der Waals surface area contributed by atoms with Crippen LogP contribution < -0.4 is 5.32 Å². The number of anilines is 1. The number of pyridine rings is 1. The molecule has 0 bridgehead atoms. The Balaban J connectivity index is 2.10. The Labute approximate surface area is 126 Å². The van der Waals surface area contributed by atoms with E-state index in [4.69, 9.17) is 16.7 Å². The lowest BCUT2D eigenvalue weighted by molar-refractivity contribution is -0.136. The highest BCUT2D eigenvalue weighted by atomic mass is 35.5. The van der Waals surface area contributed by atoms with Crippen LogP contribution in [0.5, 0.6) is 0 Å². The second-order valence-electron chi connectivity index (χ2n) is 4.53. The van der Waals surface area contributed by atoms with Gasteiger partial charge in [-0.25, -0.2) is 0 Å². The third kappa shape index (κ3) is 4.03. The minimum Gasteiger partial charge on any atom is -0.481 e. The van der Waals surface area contributed by atoms with Gasteiger partial charge in [0.1, 0.15) is 0 Å². The number of halogens is 1. The monoisotopic (exact) mass is 304 g/mol. The highest BCUT2D eigenvalue weighted by molar-refractivity contribution is 6.34. The maximum Gasteiger partial charge on any atom is 0.307 e. The number of aliphatic carboxylic acids is 1. The van der Waals surface area contributed by atoms with Crippen LogP contribution in [0.2, 0.25) is 5.02 Å². The van der Waals surface area contributed by atoms with Crippen molar-refractivity contribution < 1.29 is 14.7 Å². The number of carbonyl (C=O) groups is 2. The third-order valence-corrected chi connectivity index (χ3v) is 3.11. The van der Waals surface area contributed by atoms with Gasteiger partial charge in [0.05, 0.1) is 17.0 Å². The van der Waals surface area contributed by atoms with Gasteiger partial charge in [-0.05, 0) is 30.7 Å². The summed E-state index contributed by atoms with van der Waals surface area (Å²) in [6.45, 7) is 1.79. The van der Waals surface area contributed by atoms with E-state index < -0.39 is 5.97 Å². The number of carboxylic acid groups (broad SMARTS) is 1. The number of rotatable bonds is 4. The molecule has 0 saturated carbocycles. The fraction of sp³-hybridized carbons (Fsp3) is 0.133. The van der Waals surface area contributed by atoms with Gasteiger partial charge in [0.2, 0.25) is 0 Å². The highest BCUT2D eigenvalue weighted by Crippen LogP contribution is 2.18. The number of hydrogen-bond donors (Lipinski definition) is 2. The van der Waals surface area contributed by atoms with Crippen molar-refractivity contribution >= 4 is 29.2 Å². The van der Waals surface area contributed by atoms with E-state index in [-0.39, 0.29) is 17.9 Å². The molecule has 0 aliphatic rings. The topological polar surface area (TPSA) is 79.3 Å². The van der Waals surface area contributed by atoms with E-state index in [9.17, 15) is 9.59 Å². The summed E-state index contributed by atoms with van der Waals surface area (Å²) >= 11 is 6.01. The van der Waals surface area contributed by atoms with Crippen LogP contribution in [-0.4, -0.2) is 22.0 Å². The SMILES string of the molecule is Cc1cc(Cl)c(C(=O)Nc2ccc(CC(=O)O)cc2)cn1. The van der Waals surface area contributed by atoms with E-state index in [0.29, 0.717) is 16.3 Å². The van der Waals surface area contributed by atoms with Crippen LogP contribution >= 0.6 is 11.6 Å². The number of benzene rings is 1. The molecule has 0 radical (unpaired) electrons. The standard InChI is InChI=1S/C15H13ClN2O3/c1-9-6-13(16)12(8-17-9)15(21)18-11-4-2-10(3-5-11)7-14(19)20/h2-6,8H,7H2,1H3,(H,18,21)(H,19,20).